The lowest BCUT2D eigenvalue weighted by molar-refractivity contribution is 0.0768. The quantitative estimate of drug-likeness (QED) is 0.442. The Morgan fingerprint density at radius 2 is 1.92 bits per heavy atom. The van der Waals surface area contributed by atoms with E-state index in [1.165, 1.54) is 47.4 Å². The van der Waals surface area contributed by atoms with E-state index in [9.17, 15) is 23.5 Å². The van der Waals surface area contributed by atoms with Crippen LogP contribution in [-0.2, 0) is 12.2 Å². The Hall–Kier alpha value is -3.76. The Labute approximate surface area is 216 Å². The molecule has 0 atom stereocenters. The summed E-state index contributed by atoms with van der Waals surface area (Å²) in [4.78, 5) is 29.8. The summed E-state index contributed by atoms with van der Waals surface area (Å²) >= 11 is 6.31. The minimum atomic E-state index is -1.39. The fourth-order valence-electron chi connectivity index (χ4n) is 3.59. The Morgan fingerprint density at radius 1 is 1.24 bits per heavy atom. The number of hydrogen-bond donors (Lipinski definition) is 2. The normalized spacial score (nSPS) is 12.0. The van der Waals surface area contributed by atoms with Gasteiger partial charge in [-0.05, 0) is 46.8 Å². The van der Waals surface area contributed by atoms with Gasteiger partial charge in [0.05, 0.1) is 17.5 Å². The number of rotatable bonds is 7. The molecule has 11 heteroatoms. The zero-order chi connectivity index (χ0) is 27.7. The standard InChI is InChI=1S/C26H27ClF2N4O4/c1-14(2)20(11-22(30)32-8-6-7-17(24(32)34)26(4,5)36)33-15(3)9-21(23(27)25(33)35)37-13-19-18(29)10-16(28)12-31-19/h6-12,36H,13,30H2,1-5H3/b22-11+. The molecule has 0 saturated carbocycles. The van der Waals surface area contributed by atoms with Crippen LogP contribution in [0.5, 0.6) is 5.75 Å². The van der Waals surface area contributed by atoms with Gasteiger partial charge in [0.15, 0.2) is 5.82 Å². The second-order valence-electron chi connectivity index (χ2n) is 9.09. The molecule has 3 aromatic heterocycles. The van der Waals surface area contributed by atoms with Crippen LogP contribution < -0.4 is 21.6 Å². The number of nitrogens with two attached hydrogens (primary N) is 1. The number of aromatic nitrogens is 3. The van der Waals surface area contributed by atoms with Crippen molar-refractivity contribution in [2.75, 3.05) is 0 Å². The third kappa shape index (κ3) is 5.98. The fourth-order valence-corrected chi connectivity index (χ4v) is 3.78. The summed E-state index contributed by atoms with van der Waals surface area (Å²) < 4.78 is 35.0. The van der Waals surface area contributed by atoms with Crippen molar-refractivity contribution >= 4 is 23.1 Å². The summed E-state index contributed by atoms with van der Waals surface area (Å²) in [5.74, 6) is -1.72. The Morgan fingerprint density at radius 3 is 2.51 bits per heavy atom. The first kappa shape index (κ1) is 27.8. The molecule has 3 rings (SSSR count). The number of pyridine rings is 3. The molecule has 0 amide bonds. The summed E-state index contributed by atoms with van der Waals surface area (Å²) in [7, 11) is 0. The van der Waals surface area contributed by atoms with Crippen molar-refractivity contribution in [3.05, 3.63) is 103 Å². The van der Waals surface area contributed by atoms with Crippen molar-refractivity contribution in [2.24, 2.45) is 5.73 Å². The Kier molecular flexibility index (Phi) is 8.04. The molecule has 0 fully saturated rings. The predicted molar refractivity (Wildman–Crippen MR) is 138 cm³/mol. The average Bonchev–Trinajstić information content (AvgIpc) is 2.80. The van der Waals surface area contributed by atoms with E-state index < -0.39 is 28.4 Å². The second kappa shape index (κ2) is 10.7. The maximum atomic E-state index is 13.9. The van der Waals surface area contributed by atoms with Gasteiger partial charge in [-0.15, -0.1) is 0 Å². The Bertz CT molecular complexity index is 1530. The van der Waals surface area contributed by atoms with Gasteiger partial charge in [-0.1, -0.05) is 17.2 Å². The smallest absolute Gasteiger partial charge is 0.277 e. The maximum Gasteiger partial charge on any atom is 0.277 e. The highest BCUT2D eigenvalue weighted by atomic mass is 35.5. The number of hydrogen-bond acceptors (Lipinski definition) is 6. The van der Waals surface area contributed by atoms with Crippen molar-refractivity contribution in [3.63, 3.8) is 0 Å². The van der Waals surface area contributed by atoms with Crippen LogP contribution in [0.2, 0.25) is 5.02 Å². The summed E-state index contributed by atoms with van der Waals surface area (Å²) in [5.41, 5.74) is 5.17. The van der Waals surface area contributed by atoms with Crippen molar-refractivity contribution in [1.82, 2.24) is 14.1 Å². The molecule has 196 valence electrons. The highest BCUT2D eigenvalue weighted by Gasteiger charge is 2.22. The molecule has 0 spiro atoms. The molecular formula is C26H27ClF2N4O4. The number of ether oxygens (including phenoxy) is 1. The first-order valence-electron chi connectivity index (χ1n) is 11.2. The SMILES string of the molecule is CC(C)=C(/C=C(\N)n1cccc(C(C)(C)O)c1=O)n1c(C)cc(OCc2ncc(F)cc2F)c(Cl)c1=O. The molecule has 3 aromatic rings. The number of aliphatic hydroxyl groups is 1. The van der Waals surface area contributed by atoms with Crippen molar-refractivity contribution in [3.8, 4) is 5.75 Å². The highest BCUT2D eigenvalue weighted by molar-refractivity contribution is 6.31. The fraction of sp³-hybridized carbons (Fsp3) is 0.269. The van der Waals surface area contributed by atoms with Gasteiger partial charge >= 0.3 is 0 Å². The van der Waals surface area contributed by atoms with E-state index in [4.69, 9.17) is 22.1 Å². The molecule has 8 nitrogen and oxygen atoms in total. The van der Waals surface area contributed by atoms with Crippen LogP contribution in [-0.4, -0.2) is 19.2 Å². The number of aryl methyl sites for hydroxylation is 1. The van der Waals surface area contributed by atoms with Gasteiger partial charge in [0.2, 0.25) is 0 Å². The maximum absolute atomic E-state index is 13.9. The third-order valence-electron chi connectivity index (χ3n) is 5.47. The molecular weight excluding hydrogens is 506 g/mol. The lowest BCUT2D eigenvalue weighted by Crippen LogP contribution is -2.32. The highest BCUT2D eigenvalue weighted by Crippen LogP contribution is 2.26. The molecule has 37 heavy (non-hydrogen) atoms. The van der Waals surface area contributed by atoms with Gasteiger partial charge in [0, 0.05) is 35.7 Å². The van der Waals surface area contributed by atoms with E-state index in [0.717, 1.165) is 6.20 Å². The zero-order valence-electron chi connectivity index (χ0n) is 21.0. The van der Waals surface area contributed by atoms with Crippen LogP contribution in [0.25, 0.3) is 11.5 Å². The number of allylic oxidation sites excluding steroid dienone is 3. The molecule has 0 radical (unpaired) electrons. The van der Waals surface area contributed by atoms with Gasteiger partial charge in [-0.3, -0.25) is 23.7 Å². The molecule has 3 N–H and O–H groups in total. The van der Waals surface area contributed by atoms with E-state index in [1.54, 1.807) is 26.8 Å². The van der Waals surface area contributed by atoms with Crippen LogP contribution in [0, 0.1) is 18.6 Å². The second-order valence-corrected chi connectivity index (χ2v) is 9.46. The molecule has 0 aliphatic carbocycles. The van der Waals surface area contributed by atoms with Crippen LogP contribution in [0.1, 0.15) is 44.6 Å². The van der Waals surface area contributed by atoms with Crippen molar-refractivity contribution in [1.29, 1.82) is 0 Å². The predicted octanol–water partition coefficient (Wildman–Crippen LogP) is 4.16. The lowest BCUT2D eigenvalue weighted by Gasteiger charge is -2.19. The monoisotopic (exact) mass is 532 g/mol. The lowest BCUT2D eigenvalue weighted by atomic mass is 10.0. The molecule has 0 bridgehead atoms. The van der Waals surface area contributed by atoms with Gasteiger partial charge in [0.25, 0.3) is 11.1 Å². The van der Waals surface area contributed by atoms with Crippen LogP contribution in [0.4, 0.5) is 8.78 Å². The topological polar surface area (TPSA) is 112 Å². The molecule has 0 saturated heterocycles. The number of nitrogens with zero attached hydrogens (tertiary/aromatic N) is 3. The van der Waals surface area contributed by atoms with E-state index in [1.807, 2.05) is 0 Å². The molecule has 0 aromatic carbocycles. The van der Waals surface area contributed by atoms with E-state index in [0.29, 0.717) is 23.0 Å². The van der Waals surface area contributed by atoms with Crippen molar-refractivity contribution < 1.29 is 18.6 Å². The van der Waals surface area contributed by atoms with Gasteiger partial charge < -0.3 is 15.6 Å². The van der Waals surface area contributed by atoms with E-state index >= 15 is 0 Å². The van der Waals surface area contributed by atoms with Crippen LogP contribution >= 0.6 is 11.6 Å². The van der Waals surface area contributed by atoms with Crippen molar-refractivity contribution in [2.45, 2.75) is 46.8 Å². The minimum Gasteiger partial charge on any atom is -0.485 e. The molecule has 0 aliphatic rings. The average molecular weight is 533 g/mol. The first-order valence-corrected chi connectivity index (χ1v) is 11.5. The molecule has 3 heterocycles. The van der Waals surface area contributed by atoms with Crippen LogP contribution in [0.15, 0.2) is 57.9 Å². The summed E-state index contributed by atoms with van der Waals surface area (Å²) in [5, 5.41) is 10.0. The minimum absolute atomic E-state index is 0.00732. The third-order valence-corrected chi connectivity index (χ3v) is 5.82. The first-order chi connectivity index (χ1) is 17.2. The van der Waals surface area contributed by atoms with Gasteiger partial charge in [0.1, 0.15) is 34.7 Å². The van der Waals surface area contributed by atoms with Crippen LogP contribution in [0.3, 0.4) is 0 Å². The Balaban J connectivity index is 2.04. The molecule has 0 unspecified atom stereocenters. The van der Waals surface area contributed by atoms with Gasteiger partial charge in [-0.2, -0.15) is 0 Å². The molecule has 0 aliphatic heterocycles. The summed E-state index contributed by atoms with van der Waals surface area (Å²) in [6, 6.07) is 5.25. The summed E-state index contributed by atoms with van der Waals surface area (Å²) in [6.45, 7) is 7.74. The zero-order valence-corrected chi connectivity index (χ0v) is 21.7. The number of halogens is 3. The van der Waals surface area contributed by atoms with E-state index in [-0.39, 0.29) is 34.5 Å². The van der Waals surface area contributed by atoms with E-state index in [2.05, 4.69) is 4.98 Å². The summed E-state index contributed by atoms with van der Waals surface area (Å²) in [6.07, 6.45) is 3.76. The van der Waals surface area contributed by atoms with Gasteiger partial charge in [-0.25, -0.2) is 8.78 Å². The largest absolute Gasteiger partial charge is 0.485 e.